The lowest BCUT2D eigenvalue weighted by molar-refractivity contribution is -0.0260. The van der Waals surface area contributed by atoms with Crippen molar-refractivity contribution in [2.75, 3.05) is 7.11 Å². The van der Waals surface area contributed by atoms with Crippen LogP contribution in [0.5, 0.6) is 11.5 Å². The van der Waals surface area contributed by atoms with Gasteiger partial charge in [-0.1, -0.05) is 19.4 Å². The lowest BCUT2D eigenvalue weighted by Gasteiger charge is -2.45. The van der Waals surface area contributed by atoms with Gasteiger partial charge < -0.3 is 9.47 Å². The van der Waals surface area contributed by atoms with Gasteiger partial charge in [0.2, 0.25) is 0 Å². The van der Waals surface area contributed by atoms with Crippen molar-refractivity contribution >= 4 is 5.78 Å². The SMILES string of the molecule is COc1cccc2c1C(=O)C[C@]1(CCCCC1C)O2. The van der Waals surface area contributed by atoms with Crippen molar-refractivity contribution in [3.05, 3.63) is 23.8 Å². The minimum Gasteiger partial charge on any atom is -0.496 e. The van der Waals surface area contributed by atoms with Crippen LogP contribution in [0.2, 0.25) is 0 Å². The van der Waals surface area contributed by atoms with Crippen molar-refractivity contribution in [1.82, 2.24) is 0 Å². The molecule has 0 saturated heterocycles. The molecule has 1 heterocycles. The number of methoxy groups -OCH3 is 1. The Morgan fingerprint density at radius 1 is 1.37 bits per heavy atom. The molecular formula is C16H20O3. The number of ether oxygens (including phenoxy) is 2. The molecule has 1 aliphatic carbocycles. The number of hydrogen-bond donors (Lipinski definition) is 0. The molecule has 0 aromatic heterocycles. The minimum atomic E-state index is -0.283. The zero-order valence-electron chi connectivity index (χ0n) is 11.6. The third kappa shape index (κ3) is 1.92. The maximum atomic E-state index is 12.5. The van der Waals surface area contributed by atoms with Crippen LogP contribution in [0.25, 0.3) is 0 Å². The van der Waals surface area contributed by atoms with Crippen LogP contribution in [-0.4, -0.2) is 18.5 Å². The summed E-state index contributed by atoms with van der Waals surface area (Å²) < 4.78 is 11.6. The van der Waals surface area contributed by atoms with Crippen molar-refractivity contribution in [2.24, 2.45) is 5.92 Å². The van der Waals surface area contributed by atoms with Crippen molar-refractivity contribution in [2.45, 2.75) is 44.6 Å². The summed E-state index contributed by atoms with van der Waals surface area (Å²) in [6.45, 7) is 2.21. The van der Waals surface area contributed by atoms with E-state index in [-0.39, 0.29) is 11.4 Å². The van der Waals surface area contributed by atoms with Crippen molar-refractivity contribution < 1.29 is 14.3 Å². The van der Waals surface area contributed by atoms with E-state index in [1.807, 2.05) is 18.2 Å². The van der Waals surface area contributed by atoms with E-state index in [1.54, 1.807) is 7.11 Å². The molecule has 1 aromatic carbocycles. The first-order valence-electron chi connectivity index (χ1n) is 7.05. The fourth-order valence-corrected chi connectivity index (χ4v) is 3.45. The Kier molecular flexibility index (Phi) is 3.00. The zero-order valence-corrected chi connectivity index (χ0v) is 11.6. The fraction of sp³-hybridized carbons (Fsp3) is 0.562. The number of fused-ring (bicyclic) bond motifs is 1. The van der Waals surface area contributed by atoms with Crippen LogP contribution in [0, 0.1) is 5.92 Å². The molecule has 0 amide bonds. The van der Waals surface area contributed by atoms with Crippen molar-refractivity contribution in [3.8, 4) is 11.5 Å². The normalized spacial score (nSPS) is 29.8. The molecular weight excluding hydrogens is 240 g/mol. The molecule has 102 valence electrons. The number of carbonyl (C=O) groups is 1. The van der Waals surface area contributed by atoms with Crippen molar-refractivity contribution in [3.63, 3.8) is 0 Å². The summed E-state index contributed by atoms with van der Waals surface area (Å²) in [7, 11) is 1.59. The third-order valence-corrected chi connectivity index (χ3v) is 4.64. The van der Waals surface area contributed by atoms with Crippen LogP contribution in [0.4, 0.5) is 0 Å². The van der Waals surface area contributed by atoms with Crippen LogP contribution < -0.4 is 9.47 Å². The third-order valence-electron chi connectivity index (χ3n) is 4.64. The maximum absolute atomic E-state index is 12.5. The van der Waals surface area contributed by atoms with Gasteiger partial charge in [-0.15, -0.1) is 0 Å². The number of rotatable bonds is 1. The predicted octanol–water partition coefficient (Wildman–Crippen LogP) is 3.61. The summed E-state index contributed by atoms with van der Waals surface area (Å²) in [5.74, 6) is 1.92. The molecule has 3 heteroatoms. The molecule has 0 N–H and O–H groups in total. The second-order valence-corrected chi connectivity index (χ2v) is 5.75. The van der Waals surface area contributed by atoms with Crippen LogP contribution in [0.15, 0.2) is 18.2 Å². The number of carbonyl (C=O) groups excluding carboxylic acids is 1. The van der Waals surface area contributed by atoms with E-state index in [4.69, 9.17) is 9.47 Å². The number of benzene rings is 1. The van der Waals surface area contributed by atoms with Gasteiger partial charge in [-0.05, 0) is 37.3 Å². The van der Waals surface area contributed by atoms with Crippen molar-refractivity contribution in [1.29, 1.82) is 0 Å². The Bertz CT molecular complexity index is 509. The molecule has 1 saturated carbocycles. The zero-order chi connectivity index (χ0) is 13.5. The molecule has 1 unspecified atom stereocenters. The highest BCUT2D eigenvalue weighted by atomic mass is 16.5. The Morgan fingerprint density at radius 2 is 2.21 bits per heavy atom. The fourth-order valence-electron chi connectivity index (χ4n) is 3.45. The quantitative estimate of drug-likeness (QED) is 0.773. The molecule has 2 aliphatic rings. The highest BCUT2D eigenvalue weighted by Gasteiger charge is 2.46. The Morgan fingerprint density at radius 3 is 2.95 bits per heavy atom. The summed E-state index contributed by atoms with van der Waals surface area (Å²) in [5.41, 5.74) is 0.336. The molecule has 3 nitrogen and oxygen atoms in total. The standard InChI is InChI=1S/C16H20O3/c1-11-6-3-4-9-16(11)10-12(17)15-13(18-2)7-5-8-14(15)19-16/h5,7-8,11H,3-4,6,9-10H2,1-2H3/t11?,16-/m0/s1. The highest BCUT2D eigenvalue weighted by Crippen LogP contribution is 2.46. The van der Waals surface area contributed by atoms with E-state index in [9.17, 15) is 4.79 Å². The minimum absolute atomic E-state index is 0.160. The number of hydrogen-bond acceptors (Lipinski definition) is 3. The van der Waals surface area contributed by atoms with E-state index in [2.05, 4.69) is 6.92 Å². The van der Waals surface area contributed by atoms with Crippen LogP contribution in [0.3, 0.4) is 0 Å². The first-order valence-corrected chi connectivity index (χ1v) is 7.05. The number of Topliss-reactive ketones (excluding diaryl/α,β-unsaturated/α-hetero) is 1. The first-order chi connectivity index (χ1) is 9.16. The summed E-state index contributed by atoms with van der Waals surface area (Å²) in [4.78, 5) is 12.5. The van der Waals surface area contributed by atoms with Gasteiger partial charge in [0.15, 0.2) is 5.78 Å². The Balaban J connectivity index is 2.03. The van der Waals surface area contributed by atoms with Gasteiger partial charge in [0.1, 0.15) is 22.7 Å². The molecule has 1 spiro atoms. The van der Waals surface area contributed by atoms with Gasteiger partial charge >= 0.3 is 0 Å². The molecule has 1 aliphatic heterocycles. The van der Waals surface area contributed by atoms with Gasteiger partial charge in [0, 0.05) is 0 Å². The molecule has 0 bridgehead atoms. The summed E-state index contributed by atoms with van der Waals surface area (Å²) in [6, 6.07) is 5.60. The van der Waals surface area contributed by atoms with E-state index in [1.165, 1.54) is 6.42 Å². The molecule has 0 radical (unpaired) electrons. The van der Waals surface area contributed by atoms with E-state index >= 15 is 0 Å². The topological polar surface area (TPSA) is 35.5 Å². The molecule has 2 atom stereocenters. The van der Waals surface area contributed by atoms with Crippen LogP contribution >= 0.6 is 0 Å². The van der Waals surface area contributed by atoms with E-state index in [0.717, 1.165) is 19.3 Å². The van der Waals surface area contributed by atoms with Gasteiger partial charge in [-0.25, -0.2) is 0 Å². The molecule has 19 heavy (non-hydrogen) atoms. The molecule has 1 aromatic rings. The second-order valence-electron chi connectivity index (χ2n) is 5.75. The summed E-state index contributed by atoms with van der Waals surface area (Å²) in [5, 5.41) is 0. The monoisotopic (exact) mass is 260 g/mol. The molecule has 3 rings (SSSR count). The highest BCUT2D eigenvalue weighted by molar-refractivity contribution is 6.02. The lowest BCUT2D eigenvalue weighted by Crippen LogP contribution is -2.49. The van der Waals surface area contributed by atoms with E-state index < -0.39 is 0 Å². The lowest BCUT2D eigenvalue weighted by atomic mass is 9.71. The summed E-state index contributed by atoms with van der Waals surface area (Å²) >= 11 is 0. The van der Waals surface area contributed by atoms with Gasteiger partial charge in [0.25, 0.3) is 0 Å². The smallest absolute Gasteiger partial charge is 0.174 e. The summed E-state index contributed by atoms with van der Waals surface area (Å²) in [6.07, 6.45) is 5.01. The van der Waals surface area contributed by atoms with Gasteiger partial charge in [0.05, 0.1) is 13.5 Å². The van der Waals surface area contributed by atoms with Gasteiger partial charge in [-0.3, -0.25) is 4.79 Å². The van der Waals surface area contributed by atoms with E-state index in [0.29, 0.717) is 29.4 Å². The van der Waals surface area contributed by atoms with Crippen LogP contribution in [-0.2, 0) is 0 Å². The average Bonchev–Trinajstić information content (AvgIpc) is 2.41. The largest absolute Gasteiger partial charge is 0.496 e. The number of ketones is 1. The second kappa shape index (κ2) is 4.55. The Labute approximate surface area is 113 Å². The Hall–Kier alpha value is -1.51. The first kappa shape index (κ1) is 12.5. The predicted molar refractivity (Wildman–Crippen MR) is 72.9 cm³/mol. The molecule has 1 fully saturated rings. The maximum Gasteiger partial charge on any atom is 0.174 e. The van der Waals surface area contributed by atoms with Crippen LogP contribution in [0.1, 0.15) is 49.4 Å². The average molecular weight is 260 g/mol. The van der Waals surface area contributed by atoms with Gasteiger partial charge in [-0.2, -0.15) is 0 Å².